The van der Waals surface area contributed by atoms with Gasteiger partial charge in [0.15, 0.2) is 0 Å². The van der Waals surface area contributed by atoms with Gasteiger partial charge in [0, 0.05) is 25.7 Å². The van der Waals surface area contributed by atoms with Crippen molar-refractivity contribution in [1.82, 2.24) is 10.2 Å². The maximum absolute atomic E-state index is 12.3. The molecule has 2 heterocycles. The minimum atomic E-state index is -0.387. The smallest absolute Gasteiger partial charge is 0.240 e. The summed E-state index contributed by atoms with van der Waals surface area (Å²) in [5.74, 6) is 0.127. The largest absolute Gasteiger partial charge is 0.396 e. The molecule has 0 aromatic carbocycles. The molecular formula is C12H22N2O3. The van der Waals surface area contributed by atoms with Gasteiger partial charge in [0.2, 0.25) is 5.91 Å². The zero-order chi connectivity index (χ0) is 12.3. The number of rotatable bonds is 4. The lowest BCUT2D eigenvalue weighted by atomic mass is 10.1. The van der Waals surface area contributed by atoms with Crippen molar-refractivity contribution in [1.29, 1.82) is 0 Å². The molecule has 2 fully saturated rings. The number of likely N-dealkylation sites (tertiary alicyclic amines) is 1. The van der Waals surface area contributed by atoms with Crippen LogP contribution in [0.2, 0.25) is 0 Å². The monoisotopic (exact) mass is 242 g/mol. The Bertz CT molecular complexity index is 272. The van der Waals surface area contributed by atoms with E-state index in [1.54, 1.807) is 0 Å². The summed E-state index contributed by atoms with van der Waals surface area (Å²) >= 11 is 0. The van der Waals surface area contributed by atoms with Crippen molar-refractivity contribution in [2.75, 3.05) is 19.7 Å². The summed E-state index contributed by atoms with van der Waals surface area (Å²) < 4.78 is 0. The standard InChI is InChI=1S/C12H22N2O3/c15-6-2-4-9-3-1-5-14(9)12(17)11-7-10(16)8-13-11/h9-11,13,15-16H,1-8H2. The van der Waals surface area contributed by atoms with E-state index in [9.17, 15) is 9.90 Å². The first-order valence-electron chi connectivity index (χ1n) is 6.55. The van der Waals surface area contributed by atoms with Gasteiger partial charge in [-0.2, -0.15) is 0 Å². The van der Waals surface area contributed by atoms with E-state index in [0.29, 0.717) is 13.0 Å². The number of β-amino-alcohol motifs (C(OH)–C–C–N with tert-alkyl or cyclic N) is 1. The molecule has 98 valence electrons. The topological polar surface area (TPSA) is 72.8 Å². The molecule has 3 unspecified atom stereocenters. The highest BCUT2D eigenvalue weighted by Crippen LogP contribution is 2.23. The van der Waals surface area contributed by atoms with Crippen molar-refractivity contribution in [3.63, 3.8) is 0 Å². The number of nitrogens with one attached hydrogen (secondary N) is 1. The number of aliphatic hydroxyl groups excluding tert-OH is 2. The predicted molar refractivity (Wildman–Crippen MR) is 63.5 cm³/mol. The Hall–Kier alpha value is -0.650. The van der Waals surface area contributed by atoms with Crippen LogP contribution in [0.15, 0.2) is 0 Å². The SMILES string of the molecule is O=C(C1CC(O)CN1)N1CCCC1CCCO. The molecule has 1 amide bonds. The Morgan fingerprint density at radius 3 is 2.94 bits per heavy atom. The van der Waals surface area contributed by atoms with Crippen LogP contribution in [0.1, 0.15) is 32.1 Å². The van der Waals surface area contributed by atoms with Gasteiger partial charge >= 0.3 is 0 Å². The number of aliphatic hydroxyl groups is 2. The van der Waals surface area contributed by atoms with E-state index in [4.69, 9.17) is 5.11 Å². The van der Waals surface area contributed by atoms with Gasteiger partial charge in [0.05, 0.1) is 12.1 Å². The Kier molecular flexibility index (Phi) is 4.36. The van der Waals surface area contributed by atoms with E-state index in [0.717, 1.165) is 32.2 Å². The Labute approximate surface area is 102 Å². The summed E-state index contributed by atoms with van der Waals surface area (Å²) in [6.45, 7) is 1.54. The van der Waals surface area contributed by atoms with E-state index in [-0.39, 0.29) is 30.7 Å². The first-order chi connectivity index (χ1) is 8.22. The number of hydrogen-bond donors (Lipinski definition) is 3. The molecule has 0 aliphatic carbocycles. The van der Waals surface area contributed by atoms with Crippen LogP contribution in [0.5, 0.6) is 0 Å². The van der Waals surface area contributed by atoms with Crippen molar-refractivity contribution in [2.24, 2.45) is 0 Å². The Morgan fingerprint density at radius 2 is 2.29 bits per heavy atom. The summed E-state index contributed by atoms with van der Waals surface area (Å²) in [6.07, 6.45) is 3.88. The van der Waals surface area contributed by atoms with Crippen molar-refractivity contribution < 1.29 is 15.0 Å². The molecule has 2 rings (SSSR count). The van der Waals surface area contributed by atoms with Gasteiger partial charge < -0.3 is 20.4 Å². The quantitative estimate of drug-likeness (QED) is 0.620. The second-order valence-electron chi connectivity index (χ2n) is 5.04. The third-order valence-corrected chi connectivity index (χ3v) is 3.76. The van der Waals surface area contributed by atoms with Crippen molar-refractivity contribution in [2.45, 2.75) is 50.3 Å². The number of amides is 1. The Balaban J connectivity index is 1.89. The molecule has 0 radical (unpaired) electrons. The number of carbonyl (C=O) groups is 1. The first-order valence-corrected chi connectivity index (χ1v) is 6.55. The normalized spacial score (nSPS) is 33.3. The number of hydrogen-bond acceptors (Lipinski definition) is 4. The van der Waals surface area contributed by atoms with Crippen LogP contribution in [0.3, 0.4) is 0 Å². The van der Waals surface area contributed by atoms with Gasteiger partial charge in [-0.25, -0.2) is 0 Å². The molecule has 2 aliphatic rings. The second-order valence-corrected chi connectivity index (χ2v) is 5.04. The molecule has 0 bridgehead atoms. The molecule has 17 heavy (non-hydrogen) atoms. The van der Waals surface area contributed by atoms with Gasteiger partial charge in [0.1, 0.15) is 0 Å². The van der Waals surface area contributed by atoms with Crippen LogP contribution in [0.4, 0.5) is 0 Å². The lowest BCUT2D eigenvalue weighted by Crippen LogP contribution is -2.45. The molecule has 0 aromatic heterocycles. The van der Waals surface area contributed by atoms with Crippen LogP contribution in [0.25, 0.3) is 0 Å². The average Bonchev–Trinajstić information content (AvgIpc) is 2.94. The zero-order valence-corrected chi connectivity index (χ0v) is 10.1. The summed E-state index contributed by atoms with van der Waals surface area (Å²) in [6, 6.07) is 0.0777. The van der Waals surface area contributed by atoms with Crippen LogP contribution in [-0.4, -0.2) is 58.9 Å². The summed E-state index contributed by atoms with van der Waals surface area (Å²) in [7, 11) is 0. The summed E-state index contributed by atoms with van der Waals surface area (Å²) in [5, 5.41) is 21.4. The van der Waals surface area contributed by atoms with E-state index < -0.39 is 0 Å². The fraction of sp³-hybridized carbons (Fsp3) is 0.917. The van der Waals surface area contributed by atoms with Crippen LogP contribution in [0, 0.1) is 0 Å². The van der Waals surface area contributed by atoms with E-state index in [1.165, 1.54) is 0 Å². The van der Waals surface area contributed by atoms with Gasteiger partial charge in [-0.05, 0) is 32.1 Å². The lowest BCUT2D eigenvalue weighted by molar-refractivity contribution is -0.134. The van der Waals surface area contributed by atoms with Crippen molar-refractivity contribution >= 4 is 5.91 Å². The van der Waals surface area contributed by atoms with Gasteiger partial charge in [0.25, 0.3) is 0 Å². The van der Waals surface area contributed by atoms with Crippen molar-refractivity contribution in [3.05, 3.63) is 0 Å². The maximum atomic E-state index is 12.3. The van der Waals surface area contributed by atoms with E-state index in [2.05, 4.69) is 5.32 Å². The molecule has 2 saturated heterocycles. The van der Waals surface area contributed by atoms with Gasteiger partial charge in [-0.15, -0.1) is 0 Å². The molecule has 5 nitrogen and oxygen atoms in total. The Morgan fingerprint density at radius 1 is 1.47 bits per heavy atom. The zero-order valence-electron chi connectivity index (χ0n) is 10.1. The molecule has 0 spiro atoms. The minimum absolute atomic E-state index is 0.127. The molecule has 3 atom stereocenters. The highest BCUT2D eigenvalue weighted by molar-refractivity contribution is 5.82. The summed E-state index contributed by atoms with van der Waals surface area (Å²) in [4.78, 5) is 14.2. The van der Waals surface area contributed by atoms with Gasteiger partial charge in [-0.3, -0.25) is 4.79 Å². The number of carbonyl (C=O) groups excluding carboxylic acids is 1. The fourth-order valence-electron chi connectivity index (χ4n) is 2.86. The predicted octanol–water partition coefficient (Wildman–Crippen LogP) is -0.527. The number of nitrogens with zero attached hydrogens (tertiary/aromatic N) is 1. The molecule has 5 heteroatoms. The van der Waals surface area contributed by atoms with Crippen LogP contribution < -0.4 is 5.32 Å². The minimum Gasteiger partial charge on any atom is -0.396 e. The third kappa shape index (κ3) is 2.97. The first kappa shape index (κ1) is 12.8. The van der Waals surface area contributed by atoms with Crippen molar-refractivity contribution in [3.8, 4) is 0 Å². The van der Waals surface area contributed by atoms with Crippen LogP contribution >= 0.6 is 0 Å². The maximum Gasteiger partial charge on any atom is 0.240 e. The fourth-order valence-corrected chi connectivity index (χ4v) is 2.86. The highest BCUT2D eigenvalue weighted by Gasteiger charge is 2.35. The molecule has 0 aromatic rings. The van der Waals surface area contributed by atoms with E-state index in [1.807, 2.05) is 4.90 Å². The molecule has 3 N–H and O–H groups in total. The van der Waals surface area contributed by atoms with Crippen LogP contribution in [-0.2, 0) is 4.79 Å². The molecule has 2 aliphatic heterocycles. The highest BCUT2D eigenvalue weighted by atomic mass is 16.3. The molecule has 0 saturated carbocycles. The average molecular weight is 242 g/mol. The van der Waals surface area contributed by atoms with Gasteiger partial charge in [-0.1, -0.05) is 0 Å². The molecular weight excluding hydrogens is 220 g/mol. The van der Waals surface area contributed by atoms with E-state index >= 15 is 0 Å². The summed E-state index contributed by atoms with van der Waals surface area (Å²) in [5.41, 5.74) is 0. The third-order valence-electron chi connectivity index (χ3n) is 3.76. The lowest BCUT2D eigenvalue weighted by Gasteiger charge is -2.27. The second kappa shape index (κ2) is 5.80.